The van der Waals surface area contributed by atoms with Crippen LogP contribution in [0.25, 0.3) is 0 Å². The predicted molar refractivity (Wildman–Crippen MR) is 82.2 cm³/mol. The summed E-state index contributed by atoms with van der Waals surface area (Å²) < 4.78 is 15.6. The summed E-state index contributed by atoms with van der Waals surface area (Å²) in [5.74, 6) is -0.137. The molecule has 0 atom stereocenters. The maximum atomic E-state index is 12.3. The van der Waals surface area contributed by atoms with Crippen molar-refractivity contribution >= 4 is 11.7 Å². The smallest absolute Gasteiger partial charge is 0.350 e. The molecule has 0 aliphatic rings. The molecular weight excluding hydrogens is 302 g/mol. The molecule has 120 valence electrons. The van der Waals surface area contributed by atoms with E-state index in [1.807, 2.05) is 0 Å². The van der Waals surface area contributed by atoms with Crippen LogP contribution < -0.4 is 14.2 Å². The Morgan fingerprint density at radius 2 is 1.87 bits per heavy atom. The number of methoxy groups -OCH3 is 1. The van der Waals surface area contributed by atoms with E-state index in [0.29, 0.717) is 12.4 Å². The number of rotatable bonds is 6. The van der Waals surface area contributed by atoms with Crippen LogP contribution in [0.1, 0.15) is 17.3 Å². The van der Waals surface area contributed by atoms with Gasteiger partial charge in [0.25, 0.3) is 5.69 Å². The van der Waals surface area contributed by atoms with Gasteiger partial charge < -0.3 is 14.2 Å². The zero-order chi connectivity index (χ0) is 16.8. The Labute approximate surface area is 132 Å². The molecule has 7 nitrogen and oxygen atoms in total. The van der Waals surface area contributed by atoms with E-state index in [2.05, 4.69) is 0 Å². The number of hydrogen-bond acceptors (Lipinski definition) is 6. The molecule has 0 fully saturated rings. The molecular formula is C16H15NO6. The molecule has 0 aliphatic carbocycles. The predicted octanol–water partition coefficient (Wildman–Crippen LogP) is 3.22. The summed E-state index contributed by atoms with van der Waals surface area (Å²) in [5.41, 5.74) is -0.616. The molecule has 0 N–H and O–H groups in total. The van der Waals surface area contributed by atoms with Crippen LogP contribution in [0.15, 0.2) is 42.5 Å². The molecule has 0 saturated heterocycles. The van der Waals surface area contributed by atoms with Crippen LogP contribution in [-0.4, -0.2) is 24.6 Å². The van der Waals surface area contributed by atoms with Crippen LogP contribution in [0.2, 0.25) is 0 Å². The summed E-state index contributed by atoms with van der Waals surface area (Å²) >= 11 is 0. The lowest BCUT2D eigenvalue weighted by molar-refractivity contribution is -0.385. The molecule has 0 aliphatic heterocycles. The monoisotopic (exact) mass is 317 g/mol. The number of esters is 1. The van der Waals surface area contributed by atoms with Gasteiger partial charge in [-0.2, -0.15) is 0 Å². The van der Waals surface area contributed by atoms with E-state index in [9.17, 15) is 14.9 Å². The van der Waals surface area contributed by atoms with Crippen molar-refractivity contribution in [1.29, 1.82) is 0 Å². The van der Waals surface area contributed by atoms with Crippen molar-refractivity contribution in [2.75, 3.05) is 13.7 Å². The molecule has 23 heavy (non-hydrogen) atoms. The largest absolute Gasteiger partial charge is 0.493 e. The van der Waals surface area contributed by atoms with E-state index < -0.39 is 16.6 Å². The van der Waals surface area contributed by atoms with Gasteiger partial charge in [-0.3, -0.25) is 10.1 Å². The molecule has 7 heteroatoms. The van der Waals surface area contributed by atoms with Gasteiger partial charge in [-0.1, -0.05) is 18.2 Å². The third-order valence-electron chi connectivity index (χ3n) is 2.95. The van der Waals surface area contributed by atoms with Crippen LogP contribution in [0, 0.1) is 10.1 Å². The highest BCUT2D eigenvalue weighted by molar-refractivity contribution is 5.96. The fraction of sp³-hybridized carbons (Fsp3) is 0.188. The summed E-state index contributed by atoms with van der Waals surface area (Å²) in [6, 6.07) is 10.7. The van der Waals surface area contributed by atoms with E-state index in [-0.39, 0.29) is 17.1 Å². The second-order valence-corrected chi connectivity index (χ2v) is 4.41. The number of ether oxygens (including phenoxy) is 3. The fourth-order valence-electron chi connectivity index (χ4n) is 1.94. The molecule has 0 saturated carbocycles. The van der Waals surface area contributed by atoms with Gasteiger partial charge in [0.05, 0.1) is 24.7 Å². The minimum Gasteiger partial charge on any atom is -0.493 e. The zero-order valence-electron chi connectivity index (χ0n) is 12.6. The van der Waals surface area contributed by atoms with Gasteiger partial charge in [-0.05, 0) is 19.1 Å². The van der Waals surface area contributed by atoms with Gasteiger partial charge in [0.15, 0.2) is 11.5 Å². The maximum Gasteiger partial charge on any atom is 0.350 e. The van der Waals surface area contributed by atoms with Gasteiger partial charge in [0, 0.05) is 6.07 Å². The lowest BCUT2D eigenvalue weighted by Gasteiger charge is -2.11. The fourth-order valence-corrected chi connectivity index (χ4v) is 1.94. The number of nitrogens with zero attached hydrogens (tertiary/aromatic N) is 1. The van der Waals surface area contributed by atoms with Crippen molar-refractivity contribution in [3.05, 3.63) is 58.1 Å². The third-order valence-corrected chi connectivity index (χ3v) is 2.95. The van der Waals surface area contributed by atoms with Crippen molar-refractivity contribution in [2.24, 2.45) is 0 Å². The number of carbonyl (C=O) groups is 1. The molecule has 0 aromatic heterocycles. The quantitative estimate of drug-likeness (QED) is 0.352. The zero-order valence-corrected chi connectivity index (χ0v) is 12.6. The van der Waals surface area contributed by atoms with Gasteiger partial charge in [-0.25, -0.2) is 4.79 Å². The van der Waals surface area contributed by atoms with Crippen LogP contribution >= 0.6 is 0 Å². The summed E-state index contributed by atoms with van der Waals surface area (Å²) in [7, 11) is 1.36. The number of nitro benzene ring substituents is 1. The molecule has 0 heterocycles. The Hall–Kier alpha value is -3.09. The minimum absolute atomic E-state index is 0.176. The van der Waals surface area contributed by atoms with Crippen LogP contribution in [0.5, 0.6) is 17.2 Å². The number of para-hydroxylation sites is 1. The first-order valence-electron chi connectivity index (χ1n) is 6.83. The Kier molecular flexibility index (Phi) is 5.14. The number of carbonyl (C=O) groups excluding carboxylic acids is 1. The van der Waals surface area contributed by atoms with Gasteiger partial charge >= 0.3 is 5.97 Å². The van der Waals surface area contributed by atoms with Crippen molar-refractivity contribution in [3.8, 4) is 17.2 Å². The molecule has 0 unspecified atom stereocenters. The van der Waals surface area contributed by atoms with E-state index in [1.54, 1.807) is 37.3 Å². The van der Waals surface area contributed by atoms with E-state index in [4.69, 9.17) is 14.2 Å². The van der Waals surface area contributed by atoms with Crippen molar-refractivity contribution in [3.63, 3.8) is 0 Å². The summed E-state index contributed by atoms with van der Waals surface area (Å²) in [4.78, 5) is 22.8. The van der Waals surface area contributed by atoms with Crippen molar-refractivity contribution in [2.45, 2.75) is 6.92 Å². The van der Waals surface area contributed by atoms with Gasteiger partial charge in [-0.15, -0.1) is 0 Å². The standard InChI is InChI=1S/C16H15NO6/c1-3-22-15-9-12(13(17(19)20)10-14(15)21-2)16(18)23-11-7-5-4-6-8-11/h4-10H,3H2,1-2H3. The third kappa shape index (κ3) is 3.76. The highest BCUT2D eigenvalue weighted by Crippen LogP contribution is 2.35. The topological polar surface area (TPSA) is 87.9 Å². The van der Waals surface area contributed by atoms with E-state index in [0.717, 1.165) is 6.07 Å². The molecule has 0 radical (unpaired) electrons. The Balaban J connectivity index is 2.44. The Bertz CT molecular complexity index is 714. The first kappa shape index (κ1) is 16.3. The molecule has 2 aromatic rings. The first-order chi connectivity index (χ1) is 11.1. The average molecular weight is 317 g/mol. The van der Waals surface area contributed by atoms with Crippen LogP contribution in [0.3, 0.4) is 0 Å². The van der Waals surface area contributed by atoms with Crippen molar-refractivity contribution < 1.29 is 23.9 Å². The highest BCUT2D eigenvalue weighted by atomic mass is 16.6. The Morgan fingerprint density at radius 1 is 1.17 bits per heavy atom. The number of nitro groups is 1. The van der Waals surface area contributed by atoms with Gasteiger partial charge in [0.2, 0.25) is 0 Å². The van der Waals surface area contributed by atoms with Crippen molar-refractivity contribution in [1.82, 2.24) is 0 Å². The second kappa shape index (κ2) is 7.26. The summed E-state index contributed by atoms with van der Waals surface area (Å²) in [5, 5.41) is 11.2. The second-order valence-electron chi connectivity index (χ2n) is 4.41. The summed E-state index contributed by atoms with van der Waals surface area (Å²) in [6.07, 6.45) is 0. The molecule has 0 bridgehead atoms. The molecule has 2 rings (SSSR count). The lowest BCUT2D eigenvalue weighted by atomic mass is 10.1. The molecule has 0 spiro atoms. The van der Waals surface area contributed by atoms with Crippen LogP contribution in [-0.2, 0) is 0 Å². The van der Waals surface area contributed by atoms with E-state index in [1.165, 1.54) is 13.2 Å². The molecule has 0 amide bonds. The van der Waals surface area contributed by atoms with Gasteiger partial charge in [0.1, 0.15) is 11.3 Å². The highest BCUT2D eigenvalue weighted by Gasteiger charge is 2.26. The normalized spacial score (nSPS) is 10.0. The van der Waals surface area contributed by atoms with E-state index >= 15 is 0 Å². The Morgan fingerprint density at radius 3 is 2.43 bits per heavy atom. The summed E-state index contributed by atoms with van der Waals surface area (Å²) in [6.45, 7) is 2.07. The SMILES string of the molecule is CCOc1cc(C(=O)Oc2ccccc2)c([N+](=O)[O-])cc1OC. The number of hydrogen-bond donors (Lipinski definition) is 0. The number of benzene rings is 2. The molecule has 2 aromatic carbocycles. The van der Waals surface area contributed by atoms with Crippen LogP contribution in [0.4, 0.5) is 5.69 Å². The average Bonchev–Trinajstić information content (AvgIpc) is 2.55. The first-order valence-corrected chi connectivity index (χ1v) is 6.83. The minimum atomic E-state index is -0.841. The maximum absolute atomic E-state index is 12.3. The lowest BCUT2D eigenvalue weighted by Crippen LogP contribution is -2.12.